The van der Waals surface area contributed by atoms with Gasteiger partial charge in [-0.15, -0.1) is 5.10 Å². The summed E-state index contributed by atoms with van der Waals surface area (Å²) in [6, 6.07) is 1.85. The van der Waals surface area contributed by atoms with E-state index in [0.29, 0.717) is 0 Å². The van der Waals surface area contributed by atoms with Crippen molar-refractivity contribution in [3.8, 4) is 5.82 Å². The van der Waals surface area contributed by atoms with E-state index < -0.39 is 4.92 Å². The molecule has 2 rings (SSSR count). The molecule has 0 aliphatic rings. The molecule has 0 unspecified atom stereocenters. The third-order valence-corrected chi connectivity index (χ3v) is 2.20. The van der Waals surface area contributed by atoms with Gasteiger partial charge in [0.05, 0.1) is 10.6 Å². The topological polar surface area (TPSA) is 78.8 Å². The zero-order chi connectivity index (χ0) is 11.9. The van der Waals surface area contributed by atoms with Gasteiger partial charge in [-0.25, -0.2) is 4.68 Å². The highest BCUT2D eigenvalue weighted by atomic mass is 16.6. The number of nitro groups is 1. The van der Waals surface area contributed by atoms with Crippen LogP contribution in [-0.4, -0.2) is 24.5 Å². The van der Waals surface area contributed by atoms with Gasteiger partial charge >= 0.3 is 5.69 Å². The Hall–Kier alpha value is -2.18. The third kappa shape index (κ3) is 1.56. The Labute approximate surface area is 91.5 Å². The summed E-state index contributed by atoms with van der Waals surface area (Å²) >= 11 is 0. The Bertz CT molecular complexity index is 554. The zero-order valence-electron chi connectivity index (χ0n) is 9.21. The number of hydrogen-bond donors (Lipinski definition) is 0. The average Bonchev–Trinajstić information content (AvgIpc) is 2.69. The first-order valence-corrected chi connectivity index (χ1v) is 4.70. The van der Waals surface area contributed by atoms with Gasteiger partial charge in [-0.3, -0.25) is 14.8 Å². The van der Waals surface area contributed by atoms with Crippen molar-refractivity contribution >= 4 is 5.69 Å². The van der Waals surface area contributed by atoms with E-state index in [1.807, 2.05) is 19.9 Å². The Kier molecular flexibility index (Phi) is 2.22. The molecule has 0 bridgehead atoms. The molecule has 0 aromatic carbocycles. The van der Waals surface area contributed by atoms with Crippen LogP contribution in [0.25, 0.3) is 5.82 Å². The predicted molar refractivity (Wildman–Crippen MR) is 56.5 cm³/mol. The highest BCUT2D eigenvalue weighted by Gasteiger charge is 2.21. The molecule has 0 spiro atoms. The monoisotopic (exact) mass is 221 g/mol. The number of nitrogens with zero attached hydrogens (tertiary/aromatic N) is 5. The maximum absolute atomic E-state index is 10.8. The standard InChI is InChI=1S/C9H11N5O2/c1-6-4-7(2)13(10-6)9-8(14(15)16)5-12(3)11-9/h4-5H,1-3H3. The average molecular weight is 221 g/mol. The molecule has 0 aliphatic heterocycles. The molecule has 0 radical (unpaired) electrons. The van der Waals surface area contributed by atoms with Crippen molar-refractivity contribution in [2.24, 2.45) is 7.05 Å². The smallest absolute Gasteiger partial charge is 0.266 e. The minimum atomic E-state index is -0.460. The van der Waals surface area contributed by atoms with Crippen LogP contribution in [0.4, 0.5) is 5.69 Å². The normalized spacial score (nSPS) is 10.7. The van der Waals surface area contributed by atoms with E-state index in [9.17, 15) is 10.1 Å². The SMILES string of the molecule is Cc1cc(C)n(-c2nn(C)cc2[N+](=O)[O-])n1. The number of rotatable bonds is 2. The summed E-state index contributed by atoms with van der Waals surface area (Å²) < 4.78 is 2.89. The van der Waals surface area contributed by atoms with E-state index in [-0.39, 0.29) is 11.5 Å². The van der Waals surface area contributed by atoms with Crippen LogP contribution in [0.15, 0.2) is 12.3 Å². The van der Waals surface area contributed by atoms with Gasteiger partial charge in [0.2, 0.25) is 0 Å². The van der Waals surface area contributed by atoms with Crippen LogP contribution in [0.2, 0.25) is 0 Å². The van der Waals surface area contributed by atoms with Gasteiger partial charge in [-0.2, -0.15) is 5.10 Å². The van der Waals surface area contributed by atoms with Crippen LogP contribution in [-0.2, 0) is 7.05 Å². The predicted octanol–water partition coefficient (Wildman–Crippen LogP) is 1.13. The first-order chi connectivity index (χ1) is 7.49. The van der Waals surface area contributed by atoms with Crippen LogP contribution in [0, 0.1) is 24.0 Å². The Morgan fingerprint density at radius 2 is 2.06 bits per heavy atom. The quantitative estimate of drug-likeness (QED) is 0.562. The van der Waals surface area contributed by atoms with Gasteiger partial charge in [0.25, 0.3) is 5.82 Å². The van der Waals surface area contributed by atoms with Crippen LogP contribution >= 0.6 is 0 Å². The Morgan fingerprint density at radius 1 is 1.38 bits per heavy atom. The summed E-state index contributed by atoms with van der Waals surface area (Å²) in [7, 11) is 1.64. The molecule has 0 atom stereocenters. The van der Waals surface area contributed by atoms with Crippen LogP contribution in [0.5, 0.6) is 0 Å². The van der Waals surface area contributed by atoms with Gasteiger partial charge < -0.3 is 0 Å². The largest absolute Gasteiger partial charge is 0.333 e. The second-order valence-electron chi connectivity index (χ2n) is 3.61. The molecule has 0 fully saturated rings. The third-order valence-electron chi connectivity index (χ3n) is 2.20. The van der Waals surface area contributed by atoms with Crippen molar-refractivity contribution in [3.63, 3.8) is 0 Å². The molecule has 7 heteroatoms. The lowest BCUT2D eigenvalue weighted by atomic mass is 10.4. The second-order valence-corrected chi connectivity index (χ2v) is 3.61. The zero-order valence-corrected chi connectivity index (χ0v) is 9.21. The van der Waals surface area contributed by atoms with Crippen molar-refractivity contribution in [2.75, 3.05) is 0 Å². The fourth-order valence-electron chi connectivity index (χ4n) is 1.59. The molecular weight excluding hydrogens is 210 g/mol. The molecule has 0 saturated carbocycles. The molecule has 7 nitrogen and oxygen atoms in total. The summed E-state index contributed by atoms with van der Waals surface area (Å²) in [5.74, 6) is 0.248. The second kappa shape index (κ2) is 3.44. The molecule has 0 aliphatic carbocycles. The number of aryl methyl sites for hydroxylation is 3. The van der Waals surface area contributed by atoms with E-state index in [1.54, 1.807) is 7.05 Å². The van der Waals surface area contributed by atoms with Crippen molar-refractivity contribution in [1.82, 2.24) is 19.6 Å². The molecule has 84 valence electrons. The maximum Gasteiger partial charge on any atom is 0.333 e. The van der Waals surface area contributed by atoms with Gasteiger partial charge in [0, 0.05) is 12.7 Å². The minimum absolute atomic E-state index is 0.0475. The lowest BCUT2D eigenvalue weighted by Crippen LogP contribution is -2.03. The van der Waals surface area contributed by atoms with Crippen molar-refractivity contribution in [2.45, 2.75) is 13.8 Å². The van der Waals surface area contributed by atoms with Gasteiger partial charge in [-0.05, 0) is 19.9 Å². The Balaban J connectivity index is 2.63. The first kappa shape index (κ1) is 10.3. The first-order valence-electron chi connectivity index (χ1n) is 4.70. The molecule has 2 heterocycles. The van der Waals surface area contributed by atoms with E-state index in [4.69, 9.17) is 0 Å². The summed E-state index contributed by atoms with van der Waals surface area (Å²) in [5, 5.41) is 19.1. The summed E-state index contributed by atoms with van der Waals surface area (Å²) in [6.07, 6.45) is 1.37. The number of hydrogen-bond acceptors (Lipinski definition) is 4. The molecule has 2 aromatic heterocycles. The molecule has 0 N–H and O–H groups in total. The maximum atomic E-state index is 10.8. The van der Waals surface area contributed by atoms with Crippen molar-refractivity contribution in [1.29, 1.82) is 0 Å². The number of aromatic nitrogens is 4. The van der Waals surface area contributed by atoms with Crippen LogP contribution < -0.4 is 0 Å². The molecule has 2 aromatic rings. The van der Waals surface area contributed by atoms with E-state index in [2.05, 4.69) is 10.2 Å². The highest BCUT2D eigenvalue weighted by Crippen LogP contribution is 2.21. The molecule has 0 amide bonds. The van der Waals surface area contributed by atoms with E-state index in [1.165, 1.54) is 15.6 Å². The lowest BCUT2D eigenvalue weighted by molar-refractivity contribution is -0.384. The highest BCUT2D eigenvalue weighted by molar-refractivity contribution is 5.45. The van der Waals surface area contributed by atoms with Crippen LogP contribution in [0.3, 0.4) is 0 Å². The van der Waals surface area contributed by atoms with E-state index in [0.717, 1.165) is 11.4 Å². The minimum Gasteiger partial charge on any atom is -0.266 e. The summed E-state index contributed by atoms with van der Waals surface area (Å²) in [5.41, 5.74) is 1.57. The molecule has 0 saturated heterocycles. The van der Waals surface area contributed by atoms with Crippen molar-refractivity contribution in [3.05, 3.63) is 33.8 Å². The molecular formula is C9H11N5O2. The van der Waals surface area contributed by atoms with Gasteiger partial charge in [0.1, 0.15) is 6.20 Å². The van der Waals surface area contributed by atoms with E-state index >= 15 is 0 Å². The van der Waals surface area contributed by atoms with Gasteiger partial charge in [-0.1, -0.05) is 0 Å². The fraction of sp³-hybridized carbons (Fsp3) is 0.333. The fourth-order valence-corrected chi connectivity index (χ4v) is 1.59. The Morgan fingerprint density at radius 3 is 2.56 bits per heavy atom. The lowest BCUT2D eigenvalue weighted by Gasteiger charge is -1.98. The van der Waals surface area contributed by atoms with Crippen molar-refractivity contribution < 1.29 is 4.92 Å². The van der Waals surface area contributed by atoms with Crippen LogP contribution in [0.1, 0.15) is 11.4 Å². The summed E-state index contributed by atoms with van der Waals surface area (Å²) in [4.78, 5) is 10.4. The van der Waals surface area contributed by atoms with Gasteiger partial charge in [0.15, 0.2) is 0 Å². The molecule has 16 heavy (non-hydrogen) atoms. The summed E-state index contributed by atoms with van der Waals surface area (Å²) in [6.45, 7) is 3.66.